The minimum absolute atomic E-state index is 0.0858. The maximum absolute atomic E-state index is 12.9. The van der Waals surface area contributed by atoms with Gasteiger partial charge in [-0.3, -0.25) is 14.2 Å². The fraction of sp³-hybridized carbons (Fsp3) is 0.348. The molecule has 0 unspecified atom stereocenters. The van der Waals surface area contributed by atoms with Gasteiger partial charge in [-0.15, -0.1) is 0 Å². The predicted molar refractivity (Wildman–Crippen MR) is 122 cm³/mol. The van der Waals surface area contributed by atoms with Gasteiger partial charge < -0.3 is 10.1 Å². The van der Waals surface area contributed by atoms with E-state index < -0.39 is 0 Å². The Bertz CT molecular complexity index is 1100. The average molecular weight is 426 g/mol. The molecule has 1 amide bonds. The van der Waals surface area contributed by atoms with Crippen LogP contribution in [0.25, 0.3) is 10.9 Å². The van der Waals surface area contributed by atoms with E-state index in [0.717, 1.165) is 11.3 Å². The Morgan fingerprint density at radius 2 is 1.83 bits per heavy atom. The van der Waals surface area contributed by atoms with E-state index in [1.165, 1.54) is 11.8 Å². The zero-order valence-electron chi connectivity index (χ0n) is 17.8. The number of rotatable bonds is 7. The molecule has 0 radical (unpaired) electrons. The third-order valence-corrected chi connectivity index (χ3v) is 5.66. The highest BCUT2D eigenvalue weighted by Crippen LogP contribution is 2.29. The second-order valence-corrected chi connectivity index (χ2v) is 8.94. The lowest BCUT2D eigenvalue weighted by molar-refractivity contribution is -0.113. The Hall–Kier alpha value is -2.64. The molecule has 0 aliphatic rings. The molecule has 1 heterocycles. The van der Waals surface area contributed by atoms with Gasteiger partial charge in [-0.1, -0.05) is 62.9 Å². The number of aromatic nitrogens is 2. The number of carbonyl (C=O) groups excluding carboxylic acids is 1. The van der Waals surface area contributed by atoms with Crippen molar-refractivity contribution in [3.8, 4) is 0 Å². The van der Waals surface area contributed by atoms with Crippen LogP contribution in [0.5, 0.6) is 0 Å². The Morgan fingerprint density at radius 1 is 1.13 bits per heavy atom. The third-order valence-electron chi connectivity index (χ3n) is 4.69. The molecule has 0 spiro atoms. The van der Waals surface area contributed by atoms with E-state index in [4.69, 9.17) is 4.74 Å². The van der Waals surface area contributed by atoms with Gasteiger partial charge in [0.2, 0.25) is 5.91 Å². The molecule has 3 rings (SSSR count). The first kappa shape index (κ1) is 22.1. The number of hydrogen-bond donors (Lipinski definition) is 1. The number of carbonyl (C=O) groups is 1. The molecule has 1 aromatic heterocycles. The van der Waals surface area contributed by atoms with Crippen molar-refractivity contribution in [3.05, 3.63) is 64.4 Å². The number of hydrogen-bond acceptors (Lipinski definition) is 5. The van der Waals surface area contributed by atoms with Crippen LogP contribution < -0.4 is 10.9 Å². The third kappa shape index (κ3) is 5.09. The molecular weight excluding hydrogens is 398 g/mol. The van der Waals surface area contributed by atoms with Crippen LogP contribution in [-0.2, 0) is 21.5 Å². The lowest BCUT2D eigenvalue weighted by atomic mass is 9.86. The monoisotopic (exact) mass is 425 g/mol. The van der Waals surface area contributed by atoms with Crippen molar-refractivity contribution in [2.45, 2.75) is 37.9 Å². The standard InChI is InChI=1S/C23H27N3O3S/c1-23(2,3)17-10-6-8-12-19(17)24-20(27)15-30-22-25-18-11-7-5-9-16(18)21(28)26(22)13-14-29-4/h5-12H,13-15H2,1-4H3,(H,24,27). The first-order valence-corrected chi connectivity index (χ1v) is 10.8. The SMILES string of the molecule is COCCn1c(SCC(=O)Nc2ccccc2C(C)(C)C)nc2ccccc2c1=O. The normalized spacial score (nSPS) is 11.6. The summed E-state index contributed by atoms with van der Waals surface area (Å²) >= 11 is 1.25. The van der Waals surface area contributed by atoms with E-state index in [0.29, 0.717) is 29.2 Å². The minimum Gasteiger partial charge on any atom is -0.383 e. The molecule has 2 aromatic carbocycles. The van der Waals surface area contributed by atoms with Gasteiger partial charge in [-0.05, 0) is 29.2 Å². The molecule has 0 saturated heterocycles. The number of ether oxygens (including phenoxy) is 1. The van der Waals surface area contributed by atoms with Gasteiger partial charge >= 0.3 is 0 Å². The van der Waals surface area contributed by atoms with Crippen molar-refractivity contribution in [1.82, 2.24) is 9.55 Å². The quantitative estimate of drug-likeness (QED) is 0.456. The van der Waals surface area contributed by atoms with Crippen LogP contribution in [0.15, 0.2) is 58.5 Å². The van der Waals surface area contributed by atoms with Gasteiger partial charge in [-0.25, -0.2) is 4.98 Å². The van der Waals surface area contributed by atoms with Crippen molar-refractivity contribution < 1.29 is 9.53 Å². The van der Waals surface area contributed by atoms with Crippen LogP contribution in [0.3, 0.4) is 0 Å². The lowest BCUT2D eigenvalue weighted by Gasteiger charge is -2.23. The van der Waals surface area contributed by atoms with Crippen LogP contribution in [0.1, 0.15) is 26.3 Å². The zero-order valence-corrected chi connectivity index (χ0v) is 18.6. The molecule has 158 valence electrons. The number of fused-ring (bicyclic) bond motifs is 1. The van der Waals surface area contributed by atoms with Crippen molar-refractivity contribution in [2.24, 2.45) is 0 Å². The fourth-order valence-corrected chi connectivity index (χ4v) is 4.03. The number of amides is 1. The summed E-state index contributed by atoms with van der Waals surface area (Å²) in [6, 6.07) is 15.0. The number of benzene rings is 2. The number of anilines is 1. The van der Waals surface area contributed by atoms with Crippen LogP contribution in [0.2, 0.25) is 0 Å². The first-order valence-electron chi connectivity index (χ1n) is 9.82. The maximum atomic E-state index is 12.9. The molecular formula is C23H27N3O3S. The summed E-state index contributed by atoms with van der Waals surface area (Å²) in [5.41, 5.74) is 2.29. The summed E-state index contributed by atoms with van der Waals surface area (Å²) in [6.07, 6.45) is 0. The van der Waals surface area contributed by atoms with Gasteiger partial charge in [-0.2, -0.15) is 0 Å². The highest BCUT2D eigenvalue weighted by molar-refractivity contribution is 7.99. The highest BCUT2D eigenvalue weighted by Gasteiger charge is 2.19. The molecule has 6 nitrogen and oxygen atoms in total. The van der Waals surface area contributed by atoms with Crippen molar-refractivity contribution in [2.75, 3.05) is 24.8 Å². The van der Waals surface area contributed by atoms with E-state index >= 15 is 0 Å². The topological polar surface area (TPSA) is 73.2 Å². The minimum atomic E-state index is -0.141. The van der Waals surface area contributed by atoms with E-state index in [2.05, 4.69) is 31.1 Å². The summed E-state index contributed by atoms with van der Waals surface area (Å²) in [6.45, 7) is 7.10. The number of nitrogens with zero attached hydrogens (tertiary/aromatic N) is 2. The summed E-state index contributed by atoms with van der Waals surface area (Å²) < 4.78 is 6.72. The molecule has 0 aliphatic heterocycles. The number of nitrogens with one attached hydrogen (secondary N) is 1. The van der Waals surface area contributed by atoms with Gasteiger partial charge in [0, 0.05) is 12.8 Å². The van der Waals surface area contributed by atoms with Gasteiger partial charge in [0.25, 0.3) is 5.56 Å². The summed E-state index contributed by atoms with van der Waals surface area (Å²) in [5, 5.41) is 4.07. The largest absolute Gasteiger partial charge is 0.383 e. The molecule has 0 saturated carbocycles. The smallest absolute Gasteiger partial charge is 0.262 e. The van der Waals surface area contributed by atoms with Crippen molar-refractivity contribution in [3.63, 3.8) is 0 Å². The summed E-state index contributed by atoms with van der Waals surface area (Å²) in [4.78, 5) is 30.2. The molecule has 0 atom stereocenters. The van der Waals surface area contributed by atoms with Gasteiger partial charge in [0.05, 0.1) is 29.8 Å². The first-order chi connectivity index (χ1) is 14.3. The molecule has 0 aliphatic carbocycles. The van der Waals surface area contributed by atoms with Crippen molar-refractivity contribution >= 4 is 34.3 Å². The van der Waals surface area contributed by atoms with E-state index in [-0.39, 0.29) is 22.6 Å². The Labute approximate surface area is 180 Å². The second kappa shape index (κ2) is 9.45. The Balaban J connectivity index is 1.82. The van der Waals surface area contributed by atoms with Crippen molar-refractivity contribution in [1.29, 1.82) is 0 Å². The number of methoxy groups -OCH3 is 1. The highest BCUT2D eigenvalue weighted by atomic mass is 32.2. The van der Waals surface area contributed by atoms with Crippen LogP contribution in [0.4, 0.5) is 5.69 Å². The summed E-state index contributed by atoms with van der Waals surface area (Å²) in [5.74, 6) is 0.00775. The van der Waals surface area contributed by atoms with Gasteiger partial charge in [0.1, 0.15) is 0 Å². The second-order valence-electron chi connectivity index (χ2n) is 7.99. The fourth-order valence-electron chi connectivity index (χ4n) is 3.20. The van der Waals surface area contributed by atoms with E-state index in [9.17, 15) is 9.59 Å². The molecule has 3 aromatic rings. The predicted octanol–water partition coefficient (Wildman–Crippen LogP) is 4.07. The molecule has 7 heteroatoms. The molecule has 1 N–H and O–H groups in total. The van der Waals surface area contributed by atoms with E-state index in [1.807, 2.05) is 36.4 Å². The van der Waals surface area contributed by atoms with Crippen LogP contribution in [0, 0.1) is 0 Å². The lowest BCUT2D eigenvalue weighted by Crippen LogP contribution is -2.26. The van der Waals surface area contributed by atoms with Gasteiger partial charge in [0.15, 0.2) is 5.16 Å². The molecule has 0 fully saturated rings. The average Bonchev–Trinajstić information content (AvgIpc) is 2.71. The molecule has 0 bridgehead atoms. The Kier molecular flexibility index (Phi) is 6.95. The summed E-state index contributed by atoms with van der Waals surface area (Å²) in [7, 11) is 1.59. The zero-order chi connectivity index (χ0) is 21.7. The Morgan fingerprint density at radius 3 is 2.57 bits per heavy atom. The van der Waals surface area contributed by atoms with Crippen LogP contribution in [-0.4, -0.2) is 34.9 Å². The molecule has 30 heavy (non-hydrogen) atoms. The van der Waals surface area contributed by atoms with E-state index in [1.54, 1.807) is 23.8 Å². The number of para-hydroxylation sites is 2. The van der Waals surface area contributed by atoms with Crippen LogP contribution >= 0.6 is 11.8 Å². The number of thioether (sulfide) groups is 1. The maximum Gasteiger partial charge on any atom is 0.262 e.